The highest BCUT2D eigenvalue weighted by atomic mass is 79.9. The molecule has 0 fully saturated rings. The smallest absolute Gasteiger partial charge is 0.168 e. The number of methoxy groups -OCH3 is 1. The van der Waals surface area contributed by atoms with Crippen molar-refractivity contribution in [3.8, 4) is 5.75 Å². The van der Waals surface area contributed by atoms with Crippen molar-refractivity contribution in [2.45, 2.75) is 0 Å². The zero-order valence-corrected chi connectivity index (χ0v) is 7.46. The molecule has 0 aliphatic rings. The molecule has 0 amide bonds. The molecule has 58 valence electrons. The molecule has 1 rings (SSSR count). The minimum Gasteiger partial charge on any atom is -0.494 e. The topological polar surface area (TPSA) is 39.2 Å². The van der Waals surface area contributed by atoms with Gasteiger partial charge in [0.2, 0.25) is 0 Å². The van der Waals surface area contributed by atoms with Gasteiger partial charge >= 0.3 is 0 Å². The summed E-state index contributed by atoms with van der Waals surface area (Å²) in [5.74, 6) is 0.621. The Morgan fingerprint density at radius 1 is 1.73 bits per heavy atom. The van der Waals surface area contributed by atoms with Crippen molar-refractivity contribution in [1.29, 1.82) is 0 Å². The molecule has 0 aliphatic carbocycles. The van der Waals surface area contributed by atoms with Crippen LogP contribution in [0.5, 0.6) is 5.75 Å². The average molecular weight is 216 g/mol. The Bertz CT molecular complexity index is 275. The van der Waals surface area contributed by atoms with Crippen LogP contribution >= 0.6 is 15.9 Å². The summed E-state index contributed by atoms with van der Waals surface area (Å²) in [6.45, 7) is 0. The van der Waals surface area contributed by atoms with Crippen LogP contribution in [0.15, 0.2) is 16.7 Å². The maximum absolute atomic E-state index is 10.2. The number of hydrogen-bond donors (Lipinski definition) is 0. The predicted octanol–water partition coefficient (Wildman–Crippen LogP) is 1.67. The third-order valence-electron chi connectivity index (χ3n) is 1.18. The van der Waals surface area contributed by atoms with Gasteiger partial charge in [-0.2, -0.15) is 0 Å². The minimum atomic E-state index is 0.387. The van der Waals surface area contributed by atoms with Gasteiger partial charge in [-0.25, -0.2) is 4.98 Å². The van der Waals surface area contributed by atoms with Crippen LogP contribution in [0, 0.1) is 0 Å². The molecule has 0 radical (unpaired) electrons. The fourth-order valence-corrected chi connectivity index (χ4v) is 1.15. The highest BCUT2D eigenvalue weighted by Gasteiger charge is 2.00. The van der Waals surface area contributed by atoms with Crippen molar-refractivity contribution >= 4 is 22.2 Å². The number of aldehydes is 1. The van der Waals surface area contributed by atoms with Gasteiger partial charge in [0.1, 0.15) is 5.69 Å². The molecule has 0 aliphatic heterocycles. The molecule has 1 aromatic rings. The van der Waals surface area contributed by atoms with Crippen LogP contribution < -0.4 is 4.74 Å². The van der Waals surface area contributed by atoms with E-state index in [9.17, 15) is 4.79 Å². The van der Waals surface area contributed by atoms with Gasteiger partial charge in [-0.15, -0.1) is 0 Å². The summed E-state index contributed by atoms with van der Waals surface area (Å²) in [6.07, 6.45) is 2.18. The van der Waals surface area contributed by atoms with E-state index >= 15 is 0 Å². The largest absolute Gasteiger partial charge is 0.494 e. The second-order valence-corrected chi connectivity index (χ2v) is 2.72. The van der Waals surface area contributed by atoms with Crippen LogP contribution in [0.2, 0.25) is 0 Å². The summed E-state index contributed by atoms with van der Waals surface area (Å²) in [7, 11) is 1.54. The molecule has 4 heteroatoms. The van der Waals surface area contributed by atoms with Crippen LogP contribution in [-0.4, -0.2) is 18.4 Å². The highest BCUT2D eigenvalue weighted by molar-refractivity contribution is 9.10. The van der Waals surface area contributed by atoms with Gasteiger partial charge in [0.25, 0.3) is 0 Å². The molecule has 0 atom stereocenters. The van der Waals surface area contributed by atoms with Crippen molar-refractivity contribution in [2.75, 3.05) is 7.11 Å². The Balaban J connectivity index is 3.09. The Labute approximate surface area is 72.5 Å². The van der Waals surface area contributed by atoms with Gasteiger partial charge in [0.15, 0.2) is 12.0 Å². The van der Waals surface area contributed by atoms with E-state index in [0.717, 1.165) is 4.47 Å². The maximum atomic E-state index is 10.2. The molecule has 1 heterocycles. The highest BCUT2D eigenvalue weighted by Crippen LogP contribution is 2.22. The molecular weight excluding hydrogens is 210 g/mol. The number of carbonyl (C=O) groups is 1. The number of hydrogen-bond acceptors (Lipinski definition) is 3. The second kappa shape index (κ2) is 3.48. The molecule has 0 aromatic carbocycles. The number of nitrogens with zero attached hydrogens (tertiary/aromatic N) is 1. The SMILES string of the molecule is COc1cnc(C=O)cc1Br. The van der Waals surface area contributed by atoms with E-state index in [1.165, 1.54) is 6.20 Å². The van der Waals surface area contributed by atoms with E-state index < -0.39 is 0 Å². The van der Waals surface area contributed by atoms with Crippen LogP contribution in [-0.2, 0) is 0 Å². The van der Waals surface area contributed by atoms with Crippen molar-refractivity contribution < 1.29 is 9.53 Å². The standard InChI is InChI=1S/C7H6BrNO2/c1-11-7-3-9-5(4-10)2-6(7)8/h2-4H,1H3. The number of carbonyl (C=O) groups excluding carboxylic acids is 1. The molecule has 11 heavy (non-hydrogen) atoms. The summed E-state index contributed by atoms with van der Waals surface area (Å²) in [6, 6.07) is 1.60. The van der Waals surface area contributed by atoms with Gasteiger partial charge in [-0.1, -0.05) is 0 Å². The van der Waals surface area contributed by atoms with E-state index in [4.69, 9.17) is 4.74 Å². The van der Waals surface area contributed by atoms with E-state index in [-0.39, 0.29) is 0 Å². The van der Waals surface area contributed by atoms with E-state index in [1.807, 2.05) is 0 Å². The van der Waals surface area contributed by atoms with Gasteiger partial charge in [0.05, 0.1) is 17.8 Å². The van der Waals surface area contributed by atoms with Crippen molar-refractivity contribution in [1.82, 2.24) is 4.98 Å². The van der Waals surface area contributed by atoms with E-state index in [1.54, 1.807) is 13.2 Å². The fourth-order valence-electron chi connectivity index (χ4n) is 0.648. The number of pyridine rings is 1. The van der Waals surface area contributed by atoms with Crippen molar-refractivity contribution in [2.24, 2.45) is 0 Å². The monoisotopic (exact) mass is 215 g/mol. The molecule has 0 unspecified atom stereocenters. The van der Waals surface area contributed by atoms with Crippen molar-refractivity contribution in [3.63, 3.8) is 0 Å². The lowest BCUT2D eigenvalue weighted by atomic mass is 10.4. The normalized spacial score (nSPS) is 9.27. The van der Waals surface area contributed by atoms with Gasteiger partial charge in [-0.3, -0.25) is 4.79 Å². The van der Waals surface area contributed by atoms with Crippen LogP contribution in [0.3, 0.4) is 0 Å². The summed E-state index contributed by atoms with van der Waals surface area (Å²) < 4.78 is 5.65. The molecule has 1 aromatic heterocycles. The van der Waals surface area contributed by atoms with Crippen LogP contribution in [0.25, 0.3) is 0 Å². The minimum absolute atomic E-state index is 0.387. The zero-order chi connectivity index (χ0) is 8.27. The summed E-state index contributed by atoms with van der Waals surface area (Å²) >= 11 is 3.22. The maximum Gasteiger partial charge on any atom is 0.168 e. The lowest BCUT2D eigenvalue weighted by Gasteiger charge is -2.00. The Morgan fingerprint density at radius 2 is 2.45 bits per heavy atom. The van der Waals surface area contributed by atoms with Gasteiger partial charge in [-0.05, 0) is 22.0 Å². The molecule has 0 spiro atoms. The third-order valence-corrected chi connectivity index (χ3v) is 1.80. The van der Waals surface area contributed by atoms with Gasteiger partial charge in [0, 0.05) is 0 Å². The summed E-state index contributed by atoms with van der Waals surface area (Å²) in [5.41, 5.74) is 0.387. The van der Waals surface area contributed by atoms with Gasteiger partial charge < -0.3 is 4.74 Å². The number of halogens is 1. The number of aromatic nitrogens is 1. The fraction of sp³-hybridized carbons (Fsp3) is 0.143. The Morgan fingerprint density at radius 3 is 2.91 bits per heavy atom. The molecular formula is C7H6BrNO2. The summed E-state index contributed by atoms with van der Waals surface area (Å²) in [5, 5.41) is 0. The molecule has 3 nitrogen and oxygen atoms in total. The molecule has 0 saturated carbocycles. The lowest BCUT2D eigenvalue weighted by molar-refractivity contribution is 0.111. The van der Waals surface area contributed by atoms with Crippen LogP contribution in [0.1, 0.15) is 10.5 Å². The quantitative estimate of drug-likeness (QED) is 0.705. The summed E-state index contributed by atoms with van der Waals surface area (Å²) in [4.78, 5) is 14.0. The Kier molecular flexibility index (Phi) is 2.59. The zero-order valence-electron chi connectivity index (χ0n) is 5.87. The van der Waals surface area contributed by atoms with E-state index in [2.05, 4.69) is 20.9 Å². The molecule has 0 bridgehead atoms. The first-order chi connectivity index (χ1) is 5.27. The first kappa shape index (κ1) is 8.20. The lowest BCUT2D eigenvalue weighted by Crippen LogP contribution is -1.90. The van der Waals surface area contributed by atoms with Crippen LogP contribution in [0.4, 0.5) is 0 Å². The number of ether oxygens (including phenoxy) is 1. The number of rotatable bonds is 2. The third kappa shape index (κ3) is 1.77. The first-order valence-corrected chi connectivity index (χ1v) is 3.72. The molecule has 0 N–H and O–H groups in total. The second-order valence-electron chi connectivity index (χ2n) is 1.86. The molecule has 0 saturated heterocycles. The first-order valence-electron chi connectivity index (χ1n) is 2.92. The average Bonchev–Trinajstić information content (AvgIpc) is 2.04. The van der Waals surface area contributed by atoms with E-state index in [0.29, 0.717) is 17.7 Å². The Hall–Kier alpha value is -0.900. The predicted molar refractivity (Wildman–Crippen MR) is 43.9 cm³/mol. The van der Waals surface area contributed by atoms with Crippen molar-refractivity contribution in [3.05, 3.63) is 22.4 Å².